The van der Waals surface area contributed by atoms with E-state index < -0.39 is 0 Å². The van der Waals surface area contributed by atoms with E-state index in [-0.39, 0.29) is 11.5 Å². The van der Waals surface area contributed by atoms with Crippen molar-refractivity contribution in [3.05, 3.63) is 35.8 Å². The highest BCUT2D eigenvalue weighted by molar-refractivity contribution is 5.27. The summed E-state index contributed by atoms with van der Waals surface area (Å²) in [5.41, 5.74) is 0.606. The van der Waals surface area contributed by atoms with Crippen LogP contribution in [0.25, 0.3) is 0 Å². The molecule has 0 spiro atoms. The zero-order valence-corrected chi connectivity index (χ0v) is 6.26. The van der Waals surface area contributed by atoms with Gasteiger partial charge in [0.15, 0.2) is 0 Å². The number of aliphatic hydroxyl groups excluding tert-OH is 2. The van der Waals surface area contributed by atoms with Crippen LogP contribution in [0, 0.1) is 0 Å². The summed E-state index contributed by atoms with van der Waals surface area (Å²) in [6.07, 6.45) is 2.95. The van der Waals surface area contributed by atoms with Gasteiger partial charge in [0.05, 0.1) is 0 Å². The maximum Gasteiger partial charge on any atom is 0.114 e. The van der Waals surface area contributed by atoms with Crippen molar-refractivity contribution in [2.45, 2.75) is 13.8 Å². The lowest BCUT2D eigenvalue weighted by Crippen LogP contribution is -1.83. The topological polar surface area (TPSA) is 40.5 Å². The molecular weight excluding hydrogens is 128 g/mol. The first-order valence-electron chi connectivity index (χ1n) is 2.99. The molecule has 0 radical (unpaired) electrons. The van der Waals surface area contributed by atoms with Crippen LogP contribution >= 0.6 is 0 Å². The number of rotatable bonds is 2. The highest BCUT2D eigenvalue weighted by Gasteiger charge is 1.93. The Bertz CT molecular complexity index is 187. The predicted octanol–water partition coefficient (Wildman–Crippen LogP) is 2.47. The van der Waals surface area contributed by atoms with Gasteiger partial charge in [-0.15, -0.1) is 0 Å². The molecule has 0 aliphatic rings. The lowest BCUT2D eigenvalue weighted by molar-refractivity contribution is 0.414. The summed E-state index contributed by atoms with van der Waals surface area (Å²) in [6, 6.07) is 0. The molecule has 0 aliphatic heterocycles. The van der Waals surface area contributed by atoms with Crippen molar-refractivity contribution >= 4 is 0 Å². The molecule has 0 aromatic heterocycles. The monoisotopic (exact) mass is 140 g/mol. The number of hydrogen-bond donors (Lipinski definition) is 2. The predicted molar refractivity (Wildman–Crippen MR) is 41.9 cm³/mol. The van der Waals surface area contributed by atoms with Crippen LogP contribution in [0.2, 0.25) is 0 Å². The normalized spacial score (nSPS) is 13.4. The second-order valence-electron chi connectivity index (χ2n) is 1.99. The Balaban J connectivity index is 4.35. The summed E-state index contributed by atoms with van der Waals surface area (Å²) >= 11 is 0. The minimum Gasteiger partial charge on any atom is -0.509 e. The van der Waals surface area contributed by atoms with Crippen LogP contribution in [0.5, 0.6) is 0 Å². The average Bonchev–Trinajstić information content (AvgIpc) is 1.85. The van der Waals surface area contributed by atoms with E-state index in [4.69, 9.17) is 10.2 Å². The van der Waals surface area contributed by atoms with Crippen LogP contribution in [0.1, 0.15) is 13.8 Å². The van der Waals surface area contributed by atoms with E-state index in [1.54, 1.807) is 19.9 Å². The Morgan fingerprint density at radius 1 is 1.40 bits per heavy atom. The fourth-order valence-electron chi connectivity index (χ4n) is 0.552. The summed E-state index contributed by atoms with van der Waals surface area (Å²) in [7, 11) is 0. The SMILES string of the molecule is C=C(O)/C=C(C)\C(O)=C\C. The molecule has 0 unspecified atom stereocenters. The summed E-state index contributed by atoms with van der Waals surface area (Å²) in [6.45, 7) is 6.66. The zero-order valence-electron chi connectivity index (χ0n) is 6.26. The first-order valence-corrected chi connectivity index (χ1v) is 2.99. The zero-order chi connectivity index (χ0) is 8.15. The number of hydrogen-bond acceptors (Lipinski definition) is 2. The number of aliphatic hydroxyl groups is 2. The third-order valence-corrected chi connectivity index (χ3v) is 1.06. The summed E-state index contributed by atoms with van der Waals surface area (Å²) in [5.74, 6) is 0.112. The van der Waals surface area contributed by atoms with Gasteiger partial charge < -0.3 is 10.2 Å². The molecule has 0 aromatic carbocycles. The van der Waals surface area contributed by atoms with Gasteiger partial charge in [0.2, 0.25) is 0 Å². The summed E-state index contributed by atoms with van der Waals surface area (Å²) < 4.78 is 0. The van der Waals surface area contributed by atoms with E-state index in [0.717, 1.165) is 0 Å². The first kappa shape index (κ1) is 8.82. The molecule has 0 fully saturated rings. The third-order valence-electron chi connectivity index (χ3n) is 1.06. The van der Waals surface area contributed by atoms with Crippen molar-refractivity contribution < 1.29 is 10.2 Å². The molecule has 0 saturated heterocycles. The van der Waals surface area contributed by atoms with E-state index in [1.165, 1.54) is 6.08 Å². The average molecular weight is 140 g/mol. The van der Waals surface area contributed by atoms with Crippen LogP contribution in [0.4, 0.5) is 0 Å². The van der Waals surface area contributed by atoms with Crippen LogP contribution in [0.3, 0.4) is 0 Å². The highest BCUT2D eigenvalue weighted by Crippen LogP contribution is 2.06. The van der Waals surface area contributed by atoms with Gasteiger partial charge in [-0.1, -0.05) is 6.58 Å². The highest BCUT2D eigenvalue weighted by atomic mass is 16.3. The van der Waals surface area contributed by atoms with Crippen molar-refractivity contribution in [1.29, 1.82) is 0 Å². The Morgan fingerprint density at radius 3 is 2.20 bits per heavy atom. The molecule has 10 heavy (non-hydrogen) atoms. The third kappa shape index (κ3) is 2.97. The second-order valence-corrected chi connectivity index (χ2v) is 1.99. The van der Waals surface area contributed by atoms with Gasteiger partial charge in [-0.2, -0.15) is 0 Å². The Hall–Kier alpha value is -1.18. The minimum absolute atomic E-state index is 0.0501. The smallest absolute Gasteiger partial charge is 0.114 e. The fourth-order valence-corrected chi connectivity index (χ4v) is 0.552. The van der Waals surface area contributed by atoms with E-state index in [1.807, 2.05) is 0 Å². The van der Waals surface area contributed by atoms with Crippen LogP contribution < -0.4 is 0 Å². The minimum atomic E-state index is -0.0501. The fraction of sp³-hybridized carbons (Fsp3) is 0.250. The summed E-state index contributed by atoms with van der Waals surface area (Å²) in [4.78, 5) is 0. The molecule has 2 N–H and O–H groups in total. The molecule has 0 heterocycles. The Labute approximate surface area is 60.8 Å². The van der Waals surface area contributed by atoms with Crippen molar-refractivity contribution in [2.75, 3.05) is 0 Å². The maximum atomic E-state index is 9.02. The van der Waals surface area contributed by atoms with Crippen LogP contribution in [-0.2, 0) is 0 Å². The van der Waals surface area contributed by atoms with Gasteiger partial charge >= 0.3 is 0 Å². The van der Waals surface area contributed by atoms with E-state index in [2.05, 4.69) is 6.58 Å². The van der Waals surface area contributed by atoms with Gasteiger partial charge in [-0.05, 0) is 31.6 Å². The van der Waals surface area contributed by atoms with Gasteiger partial charge in [0.25, 0.3) is 0 Å². The quantitative estimate of drug-likeness (QED) is 0.457. The van der Waals surface area contributed by atoms with Gasteiger partial charge in [0.1, 0.15) is 11.5 Å². The molecule has 0 amide bonds. The molecule has 0 aromatic rings. The Morgan fingerprint density at radius 2 is 1.90 bits per heavy atom. The lowest BCUT2D eigenvalue weighted by Gasteiger charge is -1.96. The second kappa shape index (κ2) is 3.77. The van der Waals surface area contributed by atoms with Crippen molar-refractivity contribution in [1.82, 2.24) is 0 Å². The molecule has 0 bridgehead atoms. The largest absolute Gasteiger partial charge is 0.509 e. The molecule has 2 nitrogen and oxygen atoms in total. The number of allylic oxidation sites excluding steroid dienone is 3. The molecule has 0 atom stereocenters. The molecule has 0 rings (SSSR count). The molecular formula is C8H12O2. The van der Waals surface area contributed by atoms with E-state index in [9.17, 15) is 0 Å². The van der Waals surface area contributed by atoms with Crippen molar-refractivity contribution in [3.8, 4) is 0 Å². The lowest BCUT2D eigenvalue weighted by atomic mass is 10.2. The van der Waals surface area contributed by atoms with Gasteiger partial charge in [0, 0.05) is 0 Å². The maximum absolute atomic E-state index is 9.02. The molecule has 2 heteroatoms. The summed E-state index contributed by atoms with van der Waals surface area (Å²) in [5, 5.41) is 17.7. The molecule has 0 saturated carbocycles. The van der Waals surface area contributed by atoms with Crippen molar-refractivity contribution in [3.63, 3.8) is 0 Å². The van der Waals surface area contributed by atoms with Crippen LogP contribution in [0.15, 0.2) is 35.8 Å². The van der Waals surface area contributed by atoms with Crippen LogP contribution in [-0.4, -0.2) is 10.2 Å². The van der Waals surface area contributed by atoms with E-state index >= 15 is 0 Å². The Kier molecular flexibility index (Phi) is 3.33. The van der Waals surface area contributed by atoms with Gasteiger partial charge in [-0.3, -0.25) is 0 Å². The molecule has 56 valence electrons. The standard InChI is InChI=1S/C8H12O2/c1-4-8(10)6(2)5-7(3)9/h4-5,9-10H,3H2,1-2H3/b6-5-,8-4-. The van der Waals surface area contributed by atoms with Gasteiger partial charge in [-0.25, -0.2) is 0 Å². The van der Waals surface area contributed by atoms with Crippen molar-refractivity contribution in [2.24, 2.45) is 0 Å². The van der Waals surface area contributed by atoms with E-state index in [0.29, 0.717) is 5.57 Å². The molecule has 0 aliphatic carbocycles. The first-order chi connectivity index (χ1) is 4.57.